The number of amides is 1. The number of nitrogens with two attached hydrogens (primary N) is 1. The number of hydrogen-bond acceptors (Lipinski definition) is 1. The normalized spacial score (nSPS) is 15.5. The molecule has 0 fully saturated rings. The van der Waals surface area contributed by atoms with Gasteiger partial charge >= 0.3 is 0 Å². The molecule has 0 saturated heterocycles. The lowest BCUT2D eigenvalue weighted by Gasteiger charge is -2.23. The van der Waals surface area contributed by atoms with Gasteiger partial charge in [0.05, 0.1) is 0 Å². The van der Waals surface area contributed by atoms with Crippen LogP contribution in [0.2, 0.25) is 0 Å². The van der Waals surface area contributed by atoms with Crippen molar-refractivity contribution in [2.45, 2.75) is 12.8 Å². The summed E-state index contributed by atoms with van der Waals surface area (Å²) >= 11 is 0. The standard InChI is InChI=1S/C17H13NO/c18-17(19)14-9-7-12-5-4-10-2-1-3-11-6-8-13(14)16(12)15(10)11/h1,3-4,6-9H,2,5H2,(H2,18,19). The number of carbonyl (C=O) groups excluding carboxylic acids is 1. The minimum absolute atomic E-state index is 0.353. The van der Waals surface area contributed by atoms with Crippen molar-refractivity contribution in [3.05, 3.63) is 58.7 Å². The third-order valence-corrected chi connectivity index (χ3v) is 4.09. The second-order valence-corrected chi connectivity index (χ2v) is 5.13. The summed E-state index contributed by atoms with van der Waals surface area (Å²) in [6.45, 7) is 0. The summed E-state index contributed by atoms with van der Waals surface area (Å²) in [5, 5.41) is 2.21. The Balaban J connectivity index is 2.21. The molecule has 2 nitrogen and oxygen atoms in total. The van der Waals surface area contributed by atoms with Crippen LogP contribution in [0, 0.1) is 0 Å². The molecular weight excluding hydrogens is 234 g/mol. The monoisotopic (exact) mass is 247 g/mol. The first-order valence-electron chi connectivity index (χ1n) is 6.50. The largest absolute Gasteiger partial charge is 0.366 e. The van der Waals surface area contributed by atoms with Crippen LogP contribution in [0.1, 0.15) is 33.5 Å². The Bertz CT molecular complexity index is 797. The van der Waals surface area contributed by atoms with Crippen LogP contribution in [0.15, 0.2) is 36.4 Å². The van der Waals surface area contributed by atoms with Crippen LogP contribution in [-0.4, -0.2) is 5.91 Å². The Morgan fingerprint density at radius 3 is 2.84 bits per heavy atom. The van der Waals surface area contributed by atoms with Crippen LogP contribution in [0.5, 0.6) is 0 Å². The summed E-state index contributed by atoms with van der Waals surface area (Å²) in [6, 6.07) is 8.00. The number of carbonyl (C=O) groups is 1. The first-order chi connectivity index (χ1) is 9.25. The minimum atomic E-state index is -0.353. The molecule has 2 aromatic rings. The van der Waals surface area contributed by atoms with E-state index in [9.17, 15) is 4.79 Å². The maximum Gasteiger partial charge on any atom is 0.249 e. The fourth-order valence-electron chi connectivity index (χ4n) is 3.24. The van der Waals surface area contributed by atoms with Gasteiger partial charge in [-0.05, 0) is 51.9 Å². The zero-order chi connectivity index (χ0) is 13.0. The third kappa shape index (κ3) is 1.34. The van der Waals surface area contributed by atoms with Gasteiger partial charge in [-0.25, -0.2) is 0 Å². The van der Waals surface area contributed by atoms with Gasteiger partial charge in [0.2, 0.25) is 5.91 Å². The lowest BCUT2D eigenvalue weighted by molar-refractivity contribution is 0.100. The van der Waals surface area contributed by atoms with Crippen molar-refractivity contribution in [2.24, 2.45) is 5.73 Å². The summed E-state index contributed by atoms with van der Waals surface area (Å²) in [7, 11) is 0. The van der Waals surface area contributed by atoms with E-state index >= 15 is 0 Å². The van der Waals surface area contributed by atoms with Crippen molar-refractivity contribution in [1.29, 1.82) is 0 Å². The summed E-state index contributed by atoms with van der Waals surface area (Å²) in [5.74, 6) is -0.353. The van der Waals surface area contributed by atoms with Gasteiger partial charge in [-0.3, -0.25) is 4.79 Å². The first-order valence-corrected chi connectivity index (χ1v) is 6.50. The fraction of sp³-hybridized carbons (Fsp3) is 0.118. The maximum absolute atomic E-state index is 11.6. The van der Waals surface area contributed by atoms with Crippen molar-refractivity contribution >= 4 is 28.3 Å². The van der Waals surface area contributed by atoms with Gasteiger partial charge in [0.25, 0.3) is 0 Å². The molecule has 2 aromatic carbocycles. The molecule has 19 heavy (non-hydrogen) atoms. The number of allylic oxidation sites excluding steroid dienone is 3. The summed E-state index contributed by atoms with van der Waals surface area (Å²) in [5.41, 5.74) is 11.3. The zero-order valence-corrected chi connectivity index (χ0v) is 10.4. The maximum atomic E-state index is 11.6. The van der Waals surface area contributed by atoms with E-state index in [4.69, 9.17) is 5.73 Å². The topological polar surface area (TPSA) is 43.1 Å². The Morgan fingerprint density at radius 2 is 2.00 bits per heavy atom. The van der Waals surface area contributed by atoms with Gasteiger partial charge in [-0.1, -0.05) is 36.4 Å². The average molecular weight is 247 g/mol. The Kier molecular flexibility index (Phi) is 1.99. The summed E-state index contributed by atoms with van der Waals surface area (Å²) in [6.07, 6.45) is 8.58. The van der Waals surface area contributed by atoms with Crippen molar-refractivity contribution in [3.63, 3.8) is 0 Å². The molecule has 1 amide bonds. The predicted molar refractivity (Wildman–Crippen MR) is 77.8 cm³/mol. The molecule has 0 atom stereocenters. The van der Waals surface area contributed by atoms with E-state index in [0.29, 0.717) is 5.56 Å². The highest BCUT2D eigenvalue weighted by Gasteiger charge is 2.21. The molecule has 0 aromatic heterocycles. The molecule has 92 valence electrons. The average Bonchev–Trinajstić information content (AvgIpc) is 2.44. The quantitative estimate of drug-likeness (QED) is 0.825. The molecule has 2 aliphatic carbocycles. The molecule has 0 radical (unpaired) electrons. The number of benzene rings is 2. The molecule has 2 N–H and O–H groups in total. The molecule has 0 bridgehead atoms. The third-order valence-electron chi connectivity index (χ3n) is 4.09. The first kappa shape index (κ1) is 10.6. The molecule has 0 aliphatic heterocycles. The van der Waals surface area contributed by atoms with Crippen LogP contribution in [-0.2, 0) is 6.42 Å². The van der Waals surface area contributed by atoms with Crippen LogP contribution < -0.4 is 5.73 Å². The number of rotatable bonds is 1. The molecule has 2 aliphatic rings. The number of primary amides is 1. The van der Waals surface area contributed by atoms with Crippen LogP contribution in [0.3, 0.4) is 0 Å². The lowest BCUT2D eigenvalue weighted by atomic mass is 9.80. The SMILES string of the molecule is NC(=O)c1ccc2c3c4c(ccc13)C=CCC4=CC2. The van der Waals surface area contributed by atoms with Gasteiger partial charge in [-0.15, -0.1) is 0 Å². The van der Waals surface area contributed by atoms with Crippen LogP contribution >= 0.6 is 0 Å². The zero-order valence-electron chi connectivity index (χ0n) is 10.4. The van der Waals surface area contributed by atoms with E-state index < -0.39 is 0 Å². The molecule has 0 unspecified atom stereocenters. The Hall–Kier alpha value is -2.35. The summed E-state index contributed by atoms with van der Waals surface area (Å²) in [4.78, 5) is 11.6. The molecule has 0 saturated carbocycles. The fourth-order valence-corrected chi connectivity index (χ4v) is 3.24. The molecule has 4 rings (SSSR count). The number of hydrogen-bond donors (Lipinski definition) is 1. The molecule has 2 heteroatoms. The summed E-state index contributed by atoms with van der Waals surface area (Å²) < 4.78 is 0. The van der Waals surface area contributed by atoms with Gasteiger partial charge < -0.3 is 5.73 Å². The lowest BCUT2D eigenvalue weighted by Crippen LogP contribution is -2.13. The Morgan fingerprint density at radius 1 is 1.11 bits per heavy atom. The van der Waals surface area contributed by atoms with Gasteiger partial charge in [0, 0.05) is 5.56 Å². The molecular formula is C17H13NO. The van der Waals surface area contributed by atoms with Gasteiger partial charge in [0.1, 0.15) is 0 Å². The second-order valence-electron chi connectivity index (χ2n) is 5.13. The smallest absolute Gasteiger partial charge is 0.249 e. The van der Waals surface area contributed by atoms with Crippen LogP contribution in [0.4, 0.5) is 0 Å². The van der Waals surface area contributed by atoms with E-state index in [0.717, 1.165) is 18.2 Å². The van der Waals surface area contributed by atoms with Crippen molar-refractivity contribution in [1.82, 2.24) is 0 Å². The van der Waals surface area contributed by atoms with Gasteiger partial charge in [0.15, 0.2) is 0 Å². The van der Waals surface area contributed by atoms with Crippen molar-refractivity contribution in [3.8, 4) is 0 Å². The van der Waals surface area contributed by atoms with E-state index in [1.54, 1.807) is 0 Å². The van der Waals surface area contributed by atoms with Crippen molar-refractivity contribution in [2.75, 3.05) is 0 Å². The molecule has 0 spiro atoms. The highest BCUT2D eigenvalue weighted by atomic mass is 16.1. The predicted octanol–water partition coefficient (Wildman–Crippen LogP) is 3.30. The second kappa shape index (κ2) is 3.58. The minimum Gasteiger partial charge on any atom is -0.366 e. The Labute approximate surface area is 111 Å². The molecule has 0 heterocycles. The van der Waals surface area contributed by atoms with E-state index in [1.165, 1.54) is 27.6 Å². The van der Waals surface area contributed by atoms with E-state index in [2.05, 4.69) is 24.3 Å². The van der Waals surface area contributed by atoms with Crippen molar-refractivity contribution < 1.29 is 4.79 Å². The van der Waals surface area contributed by atoms with Crippen LogP contribution in [0.25, 0.3) is 22.4 Å². The van der Waals surface area contributed by atoms with E-state index in [1.807, 2.05) is 18.2 Å². The van der Waals surface area contributed by atoms with E-state index in [-0.39, 0.29) is 5.91 Å². The highest BCUT2D eigenvalue weighted by Crippen LogP contribution is 2.40. The van der Waals surface area contributed by atoms with Gasteiger partial charge in [-0.2, -0.15) is 0 Å². The highest BCUT2D eigenvalue weighted by molar-refractivity contribution is 6.12.